The van der Waals surface area contributed by atoms with Crippen LogP contribution < -0.4 is 0 Å². The average molecular weight is 286 g/mol. The molecule has 0 radical (unpaired) electrons. The Morgan fingerprint density at radius 2 is 1.45 bits per heavy atom. The third-order valence-corrected chi connectivity index (χ3v) is 4.47. The molecule has 0 bridgehead atoms. The number of nitrogens with zero attached hydrogens (tertiary/aromatic N) is 1. The monoisotopic (exact) mass is 286 g/mol. The van der Waals surface area contributed by atoms with Crippen LogP contribution >= 0.6 is 0 Å². The zero-order valence-electron chi connectivity index (χ0n) is 13.9. The number of morpholine rings is 1. The molecule has 1 saturated heterocycles. The SMILES string of the molecule is CCCCCCCCCCOCC[N+]1(C)CCOCC1. The molecule has 1 fully saturated rings. The highest BCUT2D eigenvalue weighted by molar-refractivity contribution is 4.48. The van der Waals surface area contributed by atoms with Crippen molar-refractivity contribution in [1.29, 1.82) is 0 Å². The summed E-state index contributed by atoms with van der Waals surface area (Å²) in [4.78, 5) is 0. The van der Waals surface area contributed by atoms with Gasteiger partial charge in [-0.1, -0.05) is 51.9 Å². The van der Waals surface area contributed by atoms with Gasteiger partial charge in [-0.25, -0.2) is 0 Å². The van der Waals surface area contributed by atoms with Crippen LogP contribution in [-0.4, -0.2) is 57.6 Å². The smallest absolute Gasteiger partial charge is 0.102 e. The van der Waals surface area contributed by atoms with E-state index in [1.807, 2.05) is 0 Å². The van der Waals surface area contributed by atoms with E-state index in [1.54, 1.807) is 0 Å². The van der Waals surface area contributed by atoms with Gasteiger partial charge in [-0.2, -0.15) is 0 Å². The lowest BCUT2D eigenvalue weighted by Crippen LogP contribution is -2.53. The Kier molecular flexibility index (Phi) is 10.3. The van der Waals surface area contributed by atoms with E-state index in [1.165, 1.54) is 51.4 Å². The normalized spacial score (nSPS) is 18.3. The summed E-state index contributed by atoms with van der Waals surface area (Å²) in [6.07, 6.45) is 11.0. The van der Waals surface area contributed by atoms with Gasteiger partial charge in [-0.05, 0) is 6.42 Å². The summed E-state index contributed by atoms with van der Waals surface area (Å²) < 4.78 is 12.3. The number of hydrogen-bond acceptors (Lipinski definition) is 2. The maximum atomic E-state index is 5.79. The summed E-state index contributed by atoms with van der Waals surface area (Å²) >= 11 is 0. The van der Waals surface area contributed by atoms with Gasteiger partial charge in [0.05, 0.1) is 26.9 Å². The second kappa shape index (κ2) is 11.5. The molecule has 1 aliphatic rings. The summed E-state index contributed by atoms with van der Waals surface area (Å²) in [6.45, 7) is 9.38. The van der Waals surface area contributed by atoms with E-state index in [9.17, 15) is 0 Å². The second-order valence-electron chi connectivity index (χ2n) is 6.49. The van der Waals surface area contributed by atoms with E-state index in [0.29, 0.717) is 0 Å². The Hall–Kier alpha value is -0.120. The topological polar surface area (TPSA) is 18.5 Å². The first-order valence-electron chi connectivity index (χ1n) is 8.76. The molecule has 0 unspecified atom stereocenters. The summed E-state index contributed by atoms with van der Waals surface area (Å²) in [6, 6.07) is 0. The first kappa shape index (κ1) is 17.9. The van der Waals surface area contributed by atoms with Crippen molar-refractivity contribution in [2.75, 3.05) is 53.1 Å². The van der Waals surface area contributed by atoms with Gasteiger partial charge in [-0.15, -0.1) is 0 Å². The summed E-state index contributed by atoms with van der Waals surface area (Å²) in [5, 5.41) is 0. The van der Waals surface area contributed by atoms with Crippen molar-refractivity contribution in [1.82, 2.24) is 0 Å². The van der Waals surface area contributed by atoms with Crippen LogP contribution in [0.5, 0.6) is 0 Å². The van der Waals surface area contributed by atoms with Gasteiger partial charge in [0.25, 0.3) is 0 Å². The molecule has 0 spiro atoms. The fourth-order valence-electron chi connectivity index (χ4n) is 2.73. The summed E-state index contributed by atoms with van der Waals surface area (Å²) in [5.41, 5.74) is 0. The highest BCUT2D eigenvalue weighted by Gasteiger charge is 2.24. The van der Waals surface area contributed by atoms with E-state index in [0.717, 1.165) is 50.5 Å². The number of likely N-dealkylation sites (N-methyl/N-ethyl adjacent to an activating group) is 1. The molecule has 1 rings (SSSR count). The van der Waals surface area contributed by atoms with Gasteiger partial charge in [0.1, 0.15) is 19.6 Å². The molecule has 0 saturated carbocycles. The molecule has 3 nitrogen and oxygen atoms in total. The molecule has 0 atom stereocenters. The minimum absolute atomic E-state index is 0.910. The van der Waals surface area contributed by atoms with Crippen LogP contribution in [0, 0.1) is 0 Å². The van der Waals surface area contributed by atoms with Gasteiger partial charge < -0.3 is 14.0 Å². The Morgan fingerprint density at radius 1 is 0.850 bits per heavy atom. The van der Waals surface area contributed by atoms with Gasteiger partial charge in [-0.3, -0.25) is 0 Å². The largest absolute Gasteiger partial charge is 0.376 e. The fourth-order valence-corrected chi connectivity index (χ4v) is 2.73. The van der Waals surface area contributed by atoms with Crippen LogP contribution in [-0.2, 0) is 9.47 Å². The highest BCUT2D eigenvalue weighted by Crippen LogP contribution is 2.09. The zero-order valence-corrected chi connectivity index (χ0v) is 13.9. The number of quaternary nitrogens is 1. The number of hydrogen-bond donors (Lipinski definition) is 0. The van der Waals surface area contributed by atoms with E-state index in [-0.39, 0.29) is 0 Å². The Morgan fingerprint density at radius 3 is 2.10 bits per heavy atom. The molecule has 0 N–H and O–H groups in total. The molecule has 0 amide bonds. The zero-order chi connectivity index (χ0) is 14.5. The van der Waals surface area contributed by atoms with Crippen molar-refractivity contribution in [2.24, 2.45) is 0 Å². The lowest BCUT2D eigenvalue weighted by atomic mass is 10.1. The van der Waals surface area contributed by atoms with Gasteiger partial charge in [0.15, 0.2) is 0 Å². The van der Waals surface area contributed by atoms with Crippen LogP contribution in [0.2, 0.25) is 0 Å². The predicted molar refractivity (Wildman–Crippen MR) is 85.0 cm³/mol. The van der Waals surface area contributed by atoms with Crippen LogP contribution in [0.4, 0.5) is 0 Å². The standard InChI is InChI=1S/C17H36NO2/c1-3-4-5-6-7-8-9-10-14-19-15-11-18(2)12-16-20-17-13-18/h3-17H2,1-2H3/q+1. The number of ether oxygens (including phenoxy) is 2. The minimum atomic E-state index is 0.910. The summed E-state index contributed by atoms with van der Waals surface area (Å²) in [7, 11) is 2.32. The Labute approximate surface area is 126 Å². The second-order valence-corrected chi connectivity index (χ2v) is 6.49. The molecule has 0 aromatic carbocycles. The van der Waals surface area contributed by atoms with Crippen molar-refractivity contribution < 1.29 is 14.0 Å². The van der Waals surface area contributed by atoms with Crippen LogP contribution in [0.25, 0.3) is 0 Å². The molecular formula is C17H36NO2+. The maximum absolute atomic E-state index is 5.79. The quantitative estimate of drug-likeness (QED) is 0.403. The van der Waals surface area contributed by atoms with E-state index < -0.39 is 0 Å². The molecular weight excluding hydrogens is 250 g/mol. The molecule has 1 aliphatic heterocycles. The molecule has 3 heteroatoms. The predicted octanol–water partition coefficient (Wildman–Crippen LogP) is 3.62. The molecule has 1 heterocycles. The van der Waals surface area contributed by atoms with Crippen LogP contribution in [0.15, 0.2) is 0 Å². The summed E-state index contributed by atoms with van der Waals surface area (Å²) in [5.74, 6) is 0. The van der Waals surface area contributed by atoms with Gasteiger partial charge in [0, 0.05) is 6.61 Å². The Bertz CT molecular complexity index is 215. The number of unbranched alkanes of at least 4 members (excludes halogenated alkanes) is 7. The Balaban J connectivity index is 1.80. The van der Waals surface area contributed by atoms with Crippen molar-refractivity contribution in [2.45, 2.75) is 58.3 Å². The molecule has 0 aromatic rings. The minimum Gasteiger partial charge on any atom is -0.376 e. The van der Waals surface area contributed by atoms with E-state index in [4.69, 9.17) is 9.47 Å². The van der Waals surface area contributed by atoms with Crippen molar-refractivity contribution in [3.8, 4) is 0 Å². The highest BCUT2D eigenvalue weighted by atomic mass is 16.5. The van der Waals surface area contributed by atoms with E-state index in [2.05, 4.69) is 14.0 Å². The van der Waals surface area contributed by atoms with Gasteiger partial charge >= 0.3 is 0 Å². The lowest BCUT2D eigenvalue weighted by molar-refractivity contribution is -0.917. The van der Waals surface area contributed by atoms with E-state index >= 15 is 0 Å². The fraction of sp³-hybridized carbons (Fsp3) is 1.00. The average Bonchev–Trinajstić information content (AvgIpc) is 2.45. The van der Waals surface area contributed by atoms with Crippen molar-refractivity contribution in [3.05, 3.63) is 0 Å². The third-order valence-electron chi connectivity index (χ3n) is 4.47. The van der Waals surface area contributed by atoms with Crippen LogP contribution in [0.1, 0.15) is 58.3 Å². The third kappa shape index (κ3) is 8.93. The molecule has 120 valence electrons. The van der Waals surface area contributed by atoms with Gasteiger partial charge in [0.2, 0.25) is 0 Å². The first-order valence-corrected chi connectivity index (χ1v) is 8.76. The molecule has 0 aromatic heterocycles. The van der Waals surface area contributed by atoms with Crippen LogP contribution in [0.3, 0.4) is 0 Å². The lowest BCUT2D eigenvalue weighted by Gasteiger charge is -2.37. The van der Waals surface area contributed by atoms with Crippen molar-refractivity contribution in [3.63, 3.8) is 0 Å². The number of rotatable bonds is 12. The molecule has 20 heavy (non-hydrogen) atoms. The maximum Gasteiger partial charge on any atom is 0.102 e. The molecule has 0 aliphatic carbocycles. The first-order chi connectivity index (χ1) is 9.77. The van der Waals surface area contributed by atoms with Crippen molar-refractivity contribution >= 4 is 0 Å².